The molecule has 0 aromatic heterocycles. The third-order valence-electron chi connectivity index (χ3n) is 3.06. The summed E-state index contributed by atoms with van der Waals surface area (Å²) in [6, 6.07) is 0. The minimum atomic E-state index is 0.259. The van der Waals surface area contributed by atoms with Gasteiger partial charge in [-0.3, -0.25) is 0 Å². The molecule has 0 radical (unpaired) electrons. The molecule has 1 aliphatic carbocycles. The van der Waals surface area contributed by atoms with Crippen molar-refractivity contribution >= 4 is 8.58 Å². The van der Waals surface area contributed by atoms with Crippen LogP contribution in [0.1, 0.15) is 33.1 Å². The van der Waals surface area contributed by atoms with Crippen molar-refractivity contribution in [1.29, 1.82) is 0 Å². The van der Waals surface area contributed by atoms with Crippen LogP contribution < -0.4 is 0 Å². The van der Waals surface area contributed by atoms with Crippen molar-refractivity contribution in [3.05, 3.63) is 47.5 Å². The molecule has 1 heterocycles. The van der Waals surface area contributed by atoms with E-state index >= 15 is 0 Å². The maximum Gasteiger partial charge on any atom is 0.127 e. The molecule has 0 spiro atoms. The first-order valence-electron chi connectivity index (χ1n) is 6.53. The number of rotatable bonds is 4. The van der Waals surface area contributed by atoms with E-state index in [1.54, 1.807) is 0 Å². The Hall–Kier alpha value is -0.810. The lowest BCUT2D eigenvalue weighted by Gasteiger charge is -2.32. The lowest BCUT2D eigenvalue weighted by molar-refractivity contribution is 0.163. The molecule has 1 nitrogen and oxygen atoms in total. The van der Waals surface area contributed by atoms with Crippen molar-refractivity contribution in [3.63, 3.8) is 0 Å². The molecule has 0 aromatic rings. The normalized spacial score (nSPS) is 28.8. The Morgan fingerprint density at radius 1 is 1.29 bits per heavy atom. The Morgan fingerprint density at radius 2 is 2.12 bits per heavy atom. The number of hydrogen-bond acceptors (Lipinski definition) is 1. The van der Waals surface area contributed by atoms with E-state index < -0.39 is 0 Å². The molecule has 92 valence electrons. The maximum atomic E-state index is 6.10. The van der Waals surface area contributed by atoms with Crippen molar-refractivity contribution in [2.45, 2.75) is 44.9 Å². The molecule has 0 saturated carbocycles. The Bertz CT molecular complexity index is 376. The molecule has 2 heteroatoms. The second-order valence-electron chi connectivity index (χ2n) is 4.41. The molecule has 1 unspecified atom stereocenters. The Balaban J connectivity index is 2.13. The summed E-state index contributed by atoms with van der Waals surface area (Å²) in [5, 5.41) is 1.48. The van der Waals surface area contributed by atoms with Crippen molar-refractivity contribution < 1.29 is 4.74 Å². The van der Waals surface area contributed by atoms with E-state index in [1.165, 1.54) is 11.7 Å². The molecule has 2 rings (SSSR count). The predicted octanol–water partition coefficient (Wildman–Crippen LogP) is 4.54. The highest BCUT2D eigenvalue weighted by Crippen LogP contribution is 2.44. The summed E-state index contributed by atoms with van der Waals surface area (Å²) in [6.45, 7) is 4.43. The number of ether oxygens (including phenoxy) is 1. The van der Waals surface area contributed by atoms with Crippen molar-refractivity contribution in [1.82, 2.24) is 0 Å². The number of unbranched alkanes of at least 4 members (excludes halogenated alkanes) is 1. The average molecular weight is 248 g/mol. The summed E-state index contributed by atoms with van der Waals surface area (Å²) in [7, 11) is 0.880. The fourth-order valence-corrected chi connectivity index (χ4v) is 3.53. The highest BCUT2D eigenvalue weighted by atomic mass is 31.1. The van der Waals surface area contributed by atoms with Crippen LogP contribution >= 0.6 is 8.58 Å². The first-order valence-corrected chi connectivity index (χ1v) is 7.60. The number of allylic oxidation sites excluding steroid dienone is 5. The highest BCUT2D eigenvalue weighted by molar-refractivity contribution is 7.44. The van der Waals surface area contributed by atoms with Crippen LogP contribution in [0, 0.1) is 0 Å². The lowest BCUT2D eigenvalue weighted by Crippen LogP contribution is -2.26. The lowest BCUT2D eigenvalue weighted by atomic mass is 10.1. The van der Waals surface area contributed by atoms with Gasteiger partial charge in [0.05, 0.1) is 0 Å². The minimum absolute atomic E-state index is 0.259. The molecule has 3 atom stereocenters. The summed E-state index contributed by atoms with van der Waals surface area (Å²) in [5.41, 5.74) is 0.568. The van der Waals surface area contributed by atoms with E-state index in [0.717, 1.165) is 27.2 Å². The quantitative estimate of drug-likeness (QED) is 0.664. The topological polar surface area (TPSA) is 9.23 Å². The predicted molar refractivity (Wildman–Crippen MR) is 76.6 cm³/mol. The van der Waals surface area contributed by atoms with Crippen LogP contribution in [0.25, 0.3) is 0 Å². The Kier molecular flexibility index (Phi) is 4.62. The second kappa shape index (κ2) is 6.21. The van der Waals surface area contributed by atoms with Crippen molar-refractivity contribution in [3.8, 4) is 0 Å². The Morgan fingerprint density at radius 3 is 2.88 bits per heavy atom. The van der Waals surface area contributed by atoms with Gasteiger partial charge in [0.25, 0.3) is 0 Å². The summed E-state index contributed by atoms with van der Waals surface area (Å²) in [6.07, 6.45) is 16.8. The summed E-state index contributed by atoms with van der Waals surface area (Å²) in [4.78, 5) is 0. The third kappa shape index (κ3) is 3.10. The van der Waals surface area contributed by atoms with Crippen LogP contribution in [-0.4, -0.2) is 11.8 Å². The van der Waals surface area contributed by atoms with Gasteiger partial charge in [0.1, 0.15) is 11.9 Å². The zero-order valence-corrected chi connectivity index (χ0v) is 11.6. The summed E-state index contributed by atoms with van der Waals surface area (Å²) in [5.74, 6) is 1.13. The first-order chi connectivity index (χ1) is 8.35. The standard InChI is InChI=1S/C15H21OP/c1-3-5-6-9-12-14(4-2)17-15-11-8-7-10-13(15)16-12/h6-11,13,15,17H,3-5H2,1-2H3/b9-6-/t13-,15+/m1/s1. The molecule has 17 heavy (non-hydrogen) atoms. The Labute approximate surface area is 106 Å². The molecular weight excluding hydrogens is 227 g/mol. The van der Waals surface area contributed by atoms with Crippen LogP contribution in [-0.2, 0) is 4.74 Å². The van der Waals surface area contributed by atoms with Crippen LogP contribution in [0.15, 0.2) is 47.5 Å². The van der Waals surface area contributed by atoms with Crippen LogP contribution in [0.4, 0.5) is 0 Å². The van der Waals surface area contributed by atoms with E-state index in [9.17, 15) is 0 Å². The largest absolute Gasteiger partial charge is 0.485 e. The van der Waals surface area contributed by atoms with Gasteiger partial charge in [-0.15, -0.1) is 0 Å². The molecule has 0 bridgehead atoms. The fraction of sp³-hybridized carbons (Fsp3) is 0.467. The average Bonchev–Trinajstić information content (AvgIpc) is 2.38. The zero-order valence-electron chi connectivity index (χ0n) is 10.6. The summed E-state index contributed by atoms with van der Waals surface area (Å²) < 4.78 is 6.10. The van der Waals surface area contributed by atoms with Gasteiger partial charge in [-0.1, -0.05) is 53.2 Å². The van der Waals surface area contributed by atoms with E-state index in [1.807, 2.05) is 0 Å². The van der Waals surface area contributed by atoms with Gasteiger partial charge in [-0.05, 0) is 30.3 Å². The molecule has 0 fully saturated rings. The van der Waals surface area contributed by atoms with Crippen molar-refractivity contribution in [2.75, 3.05) is 0 Å². The van der Waals surface area contributed by atoms with Crippen LogP contribution in [0.3, 0.4) is 0 Å². The van der Waals surface area contributed by atoms with Crippen LogP contribution in [0.2, 0.25) is 0 Å². The van der Waals surface area contributed by atoms with E-state index in [2.05, 4.69) is 50.3 Å². The molecule has 0 saturated heterocycles. The van der Waals surface area contributed by atoms with Gasteiger partial charge in [0, 0.05) is 5.66 Å². The van der Waals surface area contributed by atoms with Gasteiger partial charge in [-0.2, -0.15) is 0 Å². The fourth-order valence-electron chi connectivity index (χ4n) is 2.09. The molecule has 0 N–H and O–H groups in total. The van der Waals surface area contributed by atoms with E-state index in [0.29, 0.717) is 5.66 Å². The van der Waals surface area contributed by atoms with Crippen molar-refractivity contribution in [2.24, 2.45) is 0 Å². The number of hydrogen-bond donors (Lipinski definition) is 0. The second-order valence-corrected chi connectivity index (χ2v) is 5.97. The van der Waals surface area contributed by atoms with Crippen LogP contribution in [0.5, 0.6) is 0 Å². The molecule has 0 aromatic carbocycles. The van der Waals surface area contributed by atoms with Gasteiger partial charge < -0.3 is 4.74 Å². The SMILES string of the molecule is CCC/C=C\C1=C(CC)P[C@H]2C=CC=C[C@H]2O1. The van der Waals surface area contributed by atoms with E-state index in [4.69, 9.17) is 4.74 Å². The molecular formula is C15H21OP. The first kappa shape index (κ1) is 12.6. The van der Waals surface area contributed by atoms with Gasteiger partial charge in [0.2, 0.25) is 0 Å². The maximum absolute atomic E-state index is 6.10. The molecule has 1 aliphatic heterocycles. The van der Waals surface area contributed by atoms with Gasteiger partial charge >= 0.3 is 0 Å². The third-order valence-corrected chi connectivity index (χ3v) is 4.87. The molecule has 0 amide bonds. The molecule has 2 aliphatic rings. The monoisotopic (exact) mass is 248 g/mol. The van der Waals surface area contributed by atoms with Gasteiger partial charge in [-0.25, -0.2) is 0 Å². The zero-order chi connectivity index (χ0) is 12.1. The van der Waals surface area contributed by atoms with Gasteiger partial charge in [0.15, 0.2) is 0 Å². The smallest absolute Gasteiger partial charge is 0.127 e. The van der Waals surface area contributed by atoms with E-state index in [-0.39, 0.29) is 6.10 Å². The number of fused-ring (bicyclic) bond motifs is 1. The minimum Gasteiger partial charge on any atom is -0.485 e. The summed E-state index contributed by atoms with van der Waals surface area (Å²) >= 11 is 0. The highest BCUT2D eigenvalue weighted by Gasteiger charge is 2.27.